The van der Waals surface area contributed by atoms with Gasteiger partial charge in [0.25, 0.3) is 0 Å². The molecule has 0 aromatic heterocycles. The normalized spacial score (nSPS) is 41.4. The molecule has 5 N–H and O–H groups in total. The molecule has 0 amide bonds. The van der Waals surface area contributed by atoms with Crippen molar-refractivity contribution in [2.45, 2.75) is 114 Å². The monoisotopic (exact) mass is 452 g/mol. The van der Waals surface area contributed by atoms with Crippen LogP contribution < -0.4 is 0 Å². The van der Waals surface area contributed by atoms with Crippen molar-refractivity contribution in [3.63, 3.8) is 0 Å². The second-order valence-electron chi connectivity index (χ2n) is 8.34. The van der Waals surface area contributed by atoms with E-state index in [1.165, 1.54) is 26.4 Å². The number of hydrogen-bond donors (Lipinski definition) is 5. The van der Waals surface area contributed by atoms with Gasteiger partial charge in [0.2, 0.25) is 0 Å². The second kappa shape index (κ2) is 13.3. The molecule has 10 heteroatoms. The van der Waals surface area contributed by atoms with Crippen LogP contribution in [-0.4, -0.2) is 107 Å². The van der Waals surface area contributed by atoms with Crippen LogP contribution in [0.4, 0.5) is 0 Å². The van der Waals surface area contributed by atoms with Crippen molar-refractivity contribution in [2.24, 2.45) is 0 Å². The predicted molar refractivity (Wildman–Crippen MR) is 109 cm³/mol. The lowest BCUT2D eigenvalue weighted by Crippen LogP contribution is -2.64. The van der Waals surface area contributed by atoms with Gasteiger partial charge >= 0.3 is 0 Å². The Morgan fingerprint density at radius 1 is 0.774 bits per heavy atom. The Balaban J connectivity index is 2.00. The summed E-state index contributed by atoms with van der Waals surface area (Å²) in [7, 11) is 1.35. The molecule has 10 atom stereocenters. The van der Waals surface area contributed by atoms with E-state index in [2.05, 4.69) is 6.92 Å². The van der Waals surface area contributed by atoms with Gasteiger partial charge in [-0.1, -0.05) is 39.0 Å². The standard InChI is InChI=1S/C21H40O10/c1-4-5-6-7-8-9-10-28-21-19(16(25)15(24)13(11-22)30-21)31-20-17(26)18(27-3)14(23)12(2)29-20/h12-26H,4-11H2,1-3H3/t12-,13+,14+,15-,16-,17-,18+,19+,20-,21+/m0/s1. The van der Waals surface area contributed by atoms with Crippen molar-refractivity contribution in [3.8, 4) is 0 Å². The molecule has 0 spiro atoms. The van der Waals surface area contributed by atoms with Crippen LogP contribution in [0.1, 0.15) is 52.4 Å². The molecule has 2 fully saturated rings. The molecule has 0 saturated carbocycles. The number of hydrogen-bond acceptors (Lipinski definition) is 10. The molecular weight excluding hydrogens is 412 g/mol. The van der Waals surface area contributed by atoms with Gasteiger partial charge in [-0.2, -0.15) is 0 Å². The molecule has 0 aromatic carbocycles. The fraction of sp³-hybridized carbons (Fsp3) is 1.00. The third kappa shape index (κ3) is 7.04. The van der Waals surface area contributed by atoms with Gasteiger partial charge in [-0.05, 0) is 13.3 Å². The maximum absolute atomic E-state index is 10.6. The molecule has 0 aromatic rings. The zero-order valence-electron chi connectivity index (χ0n) is 18.7. The van der Waals surface area contributed by atoms with E-state index in [0.29, 0.717) is 6.61 Å². The van der Waals surface area contributed by atoms with Crippen LogP contribution in [0.5, 0.6) is 0 Å². The summed E-state index contributed by atoms with van der Waals surface area (Å²) in [6.45, 7) is 3.61. The SMILES string of the molecule is CCCCCCCCO[C@@H]1O[C@H](CO)[C@H](O)[C@H](O)[C@H]1O[C@@H]1O[C@@H](C)[C@@H](O)[C@@H](OC)[C@@H]1O. The molecule has 2 saturated heterocycles. The Hall–Kier alpha value is -0.400. The van der Waals surface area contributed by atoms with Crippen LogP contribution in [-0.2, 0) is 23.7 Å². The summed E-state index contributed by atoms with van der Waals surface area (Å²) in [5.74, 6) is 0. The number of aliphatic hydroxyl groups excluding tert-OH is 5. The van der Waals surface area contributed by atoms with Gasteiger partial charge in [-0.3, -0.25) is 0 Å². The molecular formula is C21H40O10. The zero-order chi connectivity index (χ0) is 23.0. The van der Waals surface area contributed by atoms with Crippen LogP contribution in [0.2, 0.25) is 0 Å². The van der Waals surface area contributed by atoms with E-state index in [9.17, 15) is 25.5 Å². The highest BCUT2D eigenvalue weighted by molar-refractivity contribution is 4.93. The first-order chi connectivity index (χ1) is 14.8. The fourth-order valence-electron chi connectivity index (χ4n) is 3.96. The van der Waals surface area contributed by atoms with Gasteiger partial charge < -0.3 is 49.2 Å². The van der Waals surface area contributed by atoms with Crippen LogP contribution in [0.3, 0.4) is 0 Å². The highest BCUT2D eigenvalue weighted by Gasteiger charge is 2.50. The van der Waals surface area contributed by atoms with Crippen molar-refractivity contribution in [1.29, 1.82) is 0 Å². The predicted octanol–water partition coefficient (Wildman–Crippen LogP) is -0.331. The van der Waals surface area contributed by atoms with E-state index in [0.717, 1.165) is 19.3 Å². The van der Waals surface area contributed by atoms with E-state index in [4.69, 9.17) is 23.7 Å². The summed E-state index contributed by atoms with van der Waals surface area (Å²) in [4.78, 5) is 0. The quantitative estimate of drug-likeness (QED) is 0.249. The second-order valence-corrected chi connectivity index (χ2v) is 8.34. The van der Waals surface area contributed by atoms with Crippen molar-refractivity contribution in [3.05, 3.63) is 0 Å². The zero-order valence-corrected chi connectivity index (χ0v) is 18.7. The molecule has 31 heavy (non-hydrogen) atoms. The van der Waals surface area contributed by atoms with Crippen LogP contribution in [0, 0.1) is 0 Å². The van der Waals surface area contributed by atoms with Crippen LogP contribution in [0.15, 0.2) is 0 Å². The van der Waals surface area contributed by atoms with E-state index in [-0.39, 0.29) is 0 Å². The minimum Gasteiger partial charge on any atom is -0.394 e. The first-order valence-electron chi connectivity index (χ1n) is 11.3. The lowest BCUT2D eigenvalue weighted by molar-refractivity contribution is -0.365. The summed E-state index contributed by atoms with van der Waals surface area (Å²) in [5, 5.41) is 51.0. The number of unbranched alkanes of at least 4 members (excludes halogenated alkanes) is 5. The molecule has 0 radical (unpaired) electrons. The topological polar surface area (TPSA) is 147 Å². The van der Waals surface area contributed by atoms with Crippen LogP contribution in [0.25, 0.3) is 0 Å². The molecule has 2 aliphatic rings. The van der Waals surface area contributed by atoms with Gasteiger partial charge in [-0.15, -0.1) is 0 Å². The Bertz CT molecular complexity index is 495. The van der Waals surface area contributed by atoms with Gasteiger partial charge in [0.15, 0.2) is 12.6 Å². The molecule has 184 valence electrons. The number of rotatable bonds is 12. The third-order valence-electron chi connectivity index (χ3n) is 5.95. The maximum Gasteiger partial charge on any atom is 0.187 e. The van der Waals surface area contributed by atoms with Gasteiger partial charge in [0.1, 0.15) is 42.7 Å². The van der Waals surface area contributed by atoms with Crippen molar-refractivity contribution < 1.29 is 49.2 Å². The average molecular weight is 453 g/mol. The summed E-state index contributed by atoms with van der Waals surface area (Å²) in [6, 6.07) is 0. The van der Waals surface area contributed by atoms with E-state index < -0.39 is 68.0 Å². The van der Waals surface area contributed by atoms with Crippen LogP contribution >= 0.6 is 0 Å². The number of methoxy groups -OCH3 is 1. The summed E-state index contributed by atoms with van der Waals surface area (Å²) in [6.07, 6.45) is -5.03. The lowest BCUT2D eigenvalue weighted by Gasteiger charge is -2.46. The number of ether oxygens (including phenoxy) is 5. The molecule has 0 unspecified atom stereocenters. The minimum atomic E-state index is -1.44. The Morgan fingerprint density at radius 2 is 1.45 bits per heavy atom. The first-order valence-corrected chi connectivity index (χ1v) is 11.3. The van der Waals surface area contributed by atoms with Gasteiger partial charge in [0.05, 0.1) is 12.7 Å². The van der Waals surface area contributed by atoms with Crippen molar-refractivity contribution in [1.82, 2.24) is 0 Å². The summed E-state index contributed by atoms with van der Waals surface area (Å²) >= 11 is 0. The van der Waals surface area contributed by atoms with Crippen molar-refractivity contribution >= 4 is 0 Å². The first kappa shape index (κ1) is 26.8. The smallest absolute Gasteiger partial charge is 0.187 e. The molecule has 2 rings (SSSR count). The fourth-order valence-corrected chi connectivity index (χ4v) is 3.96. The van der Waals surface area contributed by atoms with E-state index in [1.807, 2.05) is 0 Å². The van der Waals surface area contributed by atoms with Gasteiger partial charge in [0, 0.05) is 13.7 Å². The summed E-state index contributed by atoms with van der Waals surface area (Å²) < 4.78 is 27.9. The maximum atomic E-state index is 10.6. The minimum absolute atomic E-state index is 0.349. The molecule has 2 aliphatic heterocycles. The molecule has 10 nitrogen and oxygen atoms in total. The average Bonchev–Trinajstić information content (AvgIpc) is 2.76. The molecule has 0 bridgehead atoms. The third-order valence-corrected chi connectivity index (χ3v) is 5.95. The highest BCUT2D eigenvalue weighted by Crippen LogP contribution is 2.30. The van der Waals surface area contributed by atoms with Gasteiger partial charge in [-0.25, -0.2) is 0 Å². The Labute approximate surface area is 184 Å². The Morgan fingerprint density at radius 3 is 2.10 bits per heavy atom. The molecule has 0 aliphatic carbocycles. The largest absolute Gasteiger partial charge is 0.394 e. The van der Waals surface area contributed by atoms with Crippen molar-refractivity contribution in [2.75, 3.05) is 20.3 Å². The lowest BCUT2D eigenvalue weighted by atomic mass is 9.97. The van der Waals surface area contributed by atoms with E-state index in [1.54, 1.807) is 6.92 Å². The summed E-state index contributed by atoms with van der Waals surface area (Å²) in [5.41, 5.74) is 0. The van der Waals surface area contributed by atoms with E-state index >= 15 is 0 Å². The highest BCUT2D eigenvalue weighted by atomic mass is 16.8. The Kier molecular flexibility index (Phi) is 11.6. The molecule has 2 heterocycles. The number of aliphatic hydroxyl groups is 5.